The molecule has 1 aromatic carbocycles. The molecule has 0 aliphatic carbocycles. The summed E-state index contributed by atoms with van der Waals surface area (Å²) in [5, 5.41) is 0. The lowest BCUT2D eigenvalue weighted by atomic mass is 10.0. The molecular formula is C15H12F6O3. The Morgan fingerprint density at radius 3 is 1.79 bits per heavy atom. The fourth-order valence-electron chi connectivity index (χ4n) is 1.74. The minimum Gasteiger partial charge on any atom is -0.462 e. The Labute approximate surface area is 132 Å². The number of benzene rings is 1. The fraction of sp³-hybridized carbons (Fsp3) is 0.333. The van der Waals surface area contributed by atoms with Gasteiger partial charge < -0.3 is 4.74 Å². The molecule has 1 rings (SSSR count). The maximum Gasteiger partial charge on any atom is 0.416 e. The number of ether oxygens (including phenoxy) is 1. The van der Waals surface area contributed by atoms with E-state index in [0.717, 1.165) is 6.92 Å². The van der Waals surface area contributed by atoms with Gasteiger partial charge in [-0.3, -0.25) is 4.79 Å². The van der Waals surface area contributed by atoms with Crippen LogP contribution in [0, 0.1) is 0 Å². The lowest BCUT2D eigenvalue weighted by Gasteiger charge is -2.13. The van der Waals surface area contributed by atoms with Crippen LogP contribution in [0.5, 0.6) is 0 Å². The predicted octanol–water partition coefficient (Wildman–Crippen LogP) is 4.26. The van der Waals surface area contributed by atoms with E-state index in [1.165, 1.54) is 6.92 Å². The highest BCUT2D eigenvalue weighted by molar-refractivity contribution is 6.19. The van der Waals surface area contributed by atoms with Crippen LogP contribution in [0.25, 0.3) is 6.08 Å². The van der Waals surface area contributed by atoms with Crippen molar-refractivity contribution < 1.29 is 40.7 Å². The topological polar surface area (TPSA) is 43.4 Å². The van der Waals surface area contributed by atoms with Crippen LogP contribution in [0.3, 0.4) is 0 Å². The molecule has 0 aliphatic rings. The van der Waals surface area contributed by atoms with Crippen molar-refractivity contribution in [2.24, 2.45) is 0 Å². The third-order valence-corrected chi connectivity index (χ3v) is 2.80. The lowest BCUT2D eigenvalue weighted by molar-refractivity contribution is -0.143. The van der Waals surface area contributed by atoms with Crippen molar-refractivity contribution in [3.8, 4) is 0 Å². The SMILES string of the molecule is CCOC(=O)/C(=C/c1cc(C(F)(F)F)cc(C(F)(F)F)c1)C(C)=O. The van der Waals surface area contributed by atoms with Crippen LogP contribution >= 0.6 is 0 Å². The Kier molecular flexibility index (Phi) is 5.80. The number of Topliss-reactive ketones (excluding diaryl/α,β-unsaturated/α-hetero) is 1. The highest BCUT2D eigenvalue weighted by atomic mass is 19.4. The number of alkyl halides is 6. The summed E-state index contributed by atoms with van der Waals surface area (Å²) in [5.41, 5.74) is -4.33. The van der Waals surface area contributed by atoms with Gasteiger partial charge in [-0.2, -0.15) is 26.3 Å². The average Bonchev–Trinajstić information content (AvgIpc) is 2.42. The first kappa shape index (κ1) is 19.7. The van der Waals surface area contributed by atoms with E-state index in [-0.39, 0.29) is 12.7 Å². The van der Waals surface area contributed by atoms with E-state index in [1.54, 1.807) is 0 Å². The molecule has 3 nitrogen and oxygen atoms in total. The van der Waals surface area contributed by atoms with Gasteiger partial charge in [0.25, 0.3) is 0 Å². The number of carbonyl (C=O) groups is 2. The van der Waals surface area contributed by atoms with Crippen LogP contribution < -0.4 is 0 Å². The standard InChI is InChI=1S/C15H12F6O3/c1-3-24-13(23)12(8(2)22)6-9-4-10(14(16,17)18)7-11(5-9)15(19,20)21/h4-7H,3H2,1-2H3/b12-6+. The molecule has 132 valence electrons. The predicted molar refractivity (Wildman–Crippen MR) is 71.7 cm³/mol. The second-order valence-corrected chi connectivity index (χ2v) is 4.67. The average molecular weight is 354 g/mol. The van der Waals surface area contributed by atoms with Crippen molar-refractivity contribution in [1.29, 1.82) is 0 Å². The van der Waals surface area contributed by atoms with Gasteiger partial charge in [0, 0.05) is 0 Å². The Bertz CT molecular complexity index is 639. The molecule has 0 radical (unpaired) electrons. The van der Waals surface area contributed by atoms with Crippen molar-refractivity contribution in [3.63, 3.8) is 0 Å². The van der Waals surface area contributed by atoms with E-state index in [9.17, 15) is 35.9 Å². The second-order valence-electron chi connectivity index (χ2n) is 4.67. The number of halogens is 6. The maximum atomic E-state index is 12.8. The van der Waals surface area contributed by atoms with Crippen molar-refractivity contribution >= 4 is 17.8 Å². The Hall–Kier alpha value is -2.32. The van der Waals surface area contributed by atoms with Gasteiger partial charge in [-0.1, -0.05) is 0 Å². The van der Waals surface area contributed by atoms with Crippen LogP contribution in [0.15, 0.2) is 23.8 Å². The molecule has 0 amide bonds. The minimum atomic E-state index is -5.02. The first-order valence-electron chi connectivity index (χ1n) is 6.55. The zero-order chi connectivity index (χ0) is 18.7. The second kappa shape index (κ2) is 7.06. The molecule has 0 heterocycles. The number of hydrogen-bond acceptors (Lipinski definition) is 3. The van der Waals surface area contributed by atoms with E-state index < -0.39 is 46.4 Å². The fourth-order valence-corrected chi connectivity index (χ4v) is 1.74. The number of ketones is 1. The van der Waals surface area contributed by atoms with Crippen LogP contribution in [-0.4, -0.2) is 18.4 Å². The van der Waals surface area contributed by atoms with Gasteiger partial charge in [-0.25, -0.2) is 4.79 Å². The molecule has 0 spiro atoms. The molecular weight excluding hydrogens is 342 g/mol. The summed E-state index contributed by atoms with van der Waals surface area (Å²) >= 11 is 0. The van der Waals surface area contributed by atoms with Crippen molar-refractivity contribution in [2.75, 3.05) is 6.61 Å². The first-order valence-corrected chi connectivity index (χ1v) is 6.55. The molecule has 0 aromatic heterocycles. The quantitative estimate of drug-likeness (QED) is 0.267. The van der Waals surface area contributed by atoms with Crippen molar-refractivity contribution in [3.05, 3.63) is 40.5 Å². The molecule has 1 aromatic rings. The summed E-state index contributed by atoms with van der Waals surface area (Å²) in [4.78, 5) is 23.0. The summed E-state index contributed by atoms with van der Waals surface area (Å²) in [6, 6.07) is 0.782. The van der Waals surface area contributed by atoms with E-state index in [1.807, 2.05) is 0 Å². The summed E-state index contributed by atoms with van der Waals surface area (Å²) < 4.78 is 81.1. The zero-order valence-corrected chi connectivity index (χ0v) is 12.5. The monoisotopic (exact) mass is 354 g/mol. The van der Waals surface area contributed by atoms with Gasteiger partial charge in [0.15, 0.2) is 5.78 Å². The smallest absolute Gasteiger partial charge is 0.416 e. The van der Waals surface area contributed by atoms with Crippen LogP contribution in [0.2, 0.25) is 0 Å². The highest BCUT2D eigenvalue weighted by Crippen LogP contribution is 2.36. The molecule has 0 aliphatic heterocycles. The summed E-state index contributed by atoms with van der Waals surface area (Å²) in [6.45, 7) is 2.27. The normalized spacial score (nSPS) is 12.9. The largest absolute Gasteiger partial charge is 0.462 e. The van der Waals surface area contributed by atoms with Gasteiger partial charge in [0.1, 0.15) is 5.57 Å². The lowest BCUT2D eigenvalue weighted by Crippen LogP contribution is -2.14. The minimum absolute atomic E-state index is 0.0465. The Morgan fingerprint density at radius 1 is 1.00 bits per heavy atom. The number of hydrogen-bond donors (Lipinski definition) is 0. The molecule has 0 N–H and O–H groups in total. The molecule has 0 saturated carbocycles. The molecule has 9 heteroatoms. The third-order valence-electron chi connectivity index (χ3n) is 2.80. The van der Waals surface area contributed by atoms with E-state index in [4.69, 9.17) is 0 Å². The molecule has 0 saturated heterocycles. The van der Waals surface area contributed by atoms with Crippen LogP contribution in [0.4, 0.5) is 26.3 Å². The van der Waals surface area contributed by atoms with Crippen molar-refractivity contribution in [2.45, 2.75) is 26.2 Å². The molecule has 0 fully saturated rings. The molecule has 0 bridgehead atoms. The number of rotatable bonds is 4. The number of esters is 1. The molecule has 0 unspecified atom stereocenters. The first-order chi connectivity index (χ1) is 10.9. The molecule has 24 heavy (non-hydrogen) atoms. The summed E-state index contributed by atoms with van der Waals surface area (Å²) in [7, 11) is 0. The Balaban J connectivity index is 3.53. The molecule has 0 atom stereocenters. The maximum absolute atomic E-state index is 12.8. The van der Waals surface area contributed by atoms with Crippen LogP contribution in [0.1, 0.15) is 30.5 Å². The number of carbonyl (C=O) groups excluding carboxylic acids is 2. The summed E-state index contributed by atoms with van der Waals surface area (Å²) in [6.07, 6.45) is -9.40. The van der Waals surface area contributed by atoms with Crippen LogP contribution in [-0.2, 0) is 26.7 Å². The zero-order valence-electron chi connectivity index (χ0n) is 12.5. The third kappa shape index (κ3) is 5.10. The van der Waals surface area contributed by atoms with Gasteiger partial charge >= 0.3 is 18.3 Å². The van der Waals surface area contributed by atoms with E-state index in [2.05, 4.69) is 4.74 Å². The highest BCUT2D eigenvalue weighted by Gasteiger charge is 2.36. The Morgan fingerprint density at radius 2 is 1.46 bits per heavy atom. The summed E-state index contributed by atoms with van der Waals surface area (Å²) in [5.74, 6) is -1.98. The van der Waals surface area contributed by atoms with Crippen molar-refractivity contribution in [1.82, 2.24) is 0 Å². The van der Waals surface area contributed by atoms with E-state index in [0.29, 0.717) is 18.2 Å². The van der Waals surface area contributed by atoms with Gasteiger partial charge in [-0.15, -0.1) is 0 Å². The van der Waals surface area contributed by atoms with Gasteiger partial charge in [-0.05, 0) is 43.7 Å². The van der Waals surface area contributed by atoms with Gasteiger partial charge in [0.05, 0.1) is 17.7 Å². The van der Waals surface area contributed by atoms with E-state index >= 15 is 0 Å². The van der Waals surface area contributed by atoms with Gasteiger partial charge in [0.2, 0.25) is 0 Å².